The minimum absolute atomic E-state index is 0.0808. The summed E-state index contributed by atoms with van der Waals surface area (Å²) in [5, 5.41) is 9.95. The van der Waals surface area contributed by atoms with E-state index in [1.54, 1.807) is 0 Å². The summed E-state index contributed by atoms with van der Waals surface area (Å²) in [5.74, 6) is 0.361. The van der Waals surface area contributed by atoms with Crippen molar-refractivity contribution in [1.82, 2.24) is 10.2 Å². The number of nitrogens with zero attached hydrogens (tertiary/aromatic N) is 2. The maximum atomic E-state index is 12.4. The first kappa shape index (κ1) is 12.9. The zero-order valence-corrected chi connectivity index (χ0v) is 10.5. The summed E-state index contributed by atoms with van der Waals surface area (Å²) >= 11 is 0. The molecule has 3 nitrogen and oxygen atoms in total. The third-order valence-corrected chi connectivity index (χ3v) is 3.41. The van der Waals surface area contributed by atoms with Gasteiger partial charge in [-0.25, -0.2) is 0 Å². The van der Waals surface area contributed by atoms with E-state index in [0.29, 0.717) is 5.82 Å². The van der Waals surface area contributed by atoms with E-state index in [0.717, 1.165) is 18.9 Å². The standard InChI is InChI=1S/C14H12F3N3/c15-14(16,17)12-7-8-13(20-19-12)18-11-6-5-9-3-1-2-4-10(9)11/h1-4,7-8,11H,5-6H2,(H,18,20). The second-order valence-electron chi connectivity index (χ2n) is 4.74. The zero-order valence-electron chi connectivity index (χ0n) is 10.5. The summed E-state index contributed by atoms with van der Waals surface area (Å²) in [6, 6.07) is 10.4. The Bertz CT molecular complexity index is 608. The zero-order chi connectivity index (χ0) is 14.2. The average molecular weight is 279 g/mol. The second kappa shape index (κ2) is 4.77. The van der Waals surface area contributed by atoms with Crippen LogP contribution in [0.4, 0.5) is 19.0 Å². The largest absolute Gasteiger partial charge is 0.435 e. The lowest BCUT2D eigenvalue weighted by atomic mass is 10.1. The molecule has 1 heterocycles. The molecule has 2 aromatic rings. The Morgan fingerprint density at radius 2 is 1.85 bits per heavy atom. The molecule has 0 spiro atoms. The minimum atomic E-state index is -4.45. The lowest BCUT2D eigenvalue weighted by Gasteiger charge is -2.14. The van der Waals surface area contributed by atoms with Crippen molar-refractivity contribution in [1.29, 1.82) is 0 Å². The third kappa shape index (κ3) is 2.45. The Balaban J connectivity index is 1.76. The molecule has 104 valence electrons. The number of fused-ring (bicyclic) bond motifs is 1. The van der Waals surface area contributed by atoms with Gasteiger partial charge < -0.3 is 5.32 Å². The topological polar surface area (TPSA) is 37.8 Å². The number of rotatable bonds is 2. The van der Waals surface area contributed by atoms with Crippen LogP contribution < -0.4 is 5.32 Å². The van der Waals surface area contributed by atoms with Gasteiger partial charge in [0.2, 0.25) is 0 Å². The van der Waals surface area contributed by atoms with E-state index >= 15 is 0 Å². The molecule has 0 saturated heterocycles. The molecule has 0 amide bonds. The SMILES string of the molecule is FC(F)(F)c1ccc(NC2CCc3ccccc32)nn1. The van der Waals surface area contributed by atoms with E-state index in [1.165, 1.54) is 17.2 Å². The van der Waals surface area contributed by atoms with E-state index < -0.39 is 11.9 Å². The quantitative estimate of drug-likeness (QED) is 0.912. The highest BCUT2D eigenvalue weighted by molar-refractivity contribution is 5.43. The summed E-state index contributed by atoms with van der Waals surface area (Å²) in [6.45, 7) is 0. The molecule has 1 aliphatic carbocycles. The lowest BCUT2D eigenvalue weighted by molar-refractivity contribution is -0.141. The highest BCUT2D eigenvalue weighted by Gasteiger charge is 2.33. The van der Waals surface area contributed by atoms with Crippen LogP contribution in [0.15, 0.2) is 36.4 Å². The molecule has 1 aromatic carbocycles. The van der Waals surface area contributed by atoms with Gasteiger partial charge in [-0.05, 0) is 36.1 Å². The molecular formula is C14H12F3N3. The molecule has 1 N–H and O–H groups in total. The van der Waals surface area contributed by atoms with Crippen molar-refractivity contribution in [3.8, 4) is 0 Å². The molecule has 1 unspecified atom stereocenters. The smallest absolute Gasteiger partial charge is 0.362 e. The number of anilines is 1. The minimum Gasteiger partial charge on any atom is -0.362 e. The van der Waals surface area contributed by atoms with Gasteiger partial charge in [0.15, 0.2) is 5.69 Å². The molecule has 0 aliphatic heterocycles. The first-order chi connectivity index (χ1) is 9.54. The van der Waals surface area contributed by atoms with Crippen molar-refractivity contribution < 1.29 is 13.2 Å². The van der Waals surface area contributed by atoms with Crippen LogP contribution in [0, 0.1) is 0 Å². The van der Waals surface area contributed by atoms with Crippen LogP contribution in [0.2, 0.25) is 0 Å². The second-order valence-corrected chi connectivity index (χ2v) is 4.74. The number of alkyl halides is 3. The number of nitrogens with one attached hydrogen (secondary N) is 1. The Kier molecular flexibility index (Phi) is 3.08. The maximum Gasteiger partial charge on any atom is 0.435 e. The molecule has 1 aliphatic rings. The van der Waals surface area contributed by atoms with E-state index in [4.69, 9.17) is 0 Å². The molecule has 0 fully saturated rings. The van der Waals surface area contributed by atoms with Gasteiger partial charge in [0.25, 0.3) is 0 Å². The average Bonchev–Trinajstić information content (AvgIpc) is 2.82. The van der Waals surface area contributed by atoms with Gasteiger partial charge in [0.1, 0.15) is 5.82 Å². The number of aromatic nitrogens is 2. The van der Waals surface area contributed by atoms with Gasteiger partial charge in [-0.15, -0.1) is 10.2 Å². The third-order valence-electron chi connectivity index (χ3n) is 3.41. The summed E-state index contributed by atoms with van der Waals surface area (Å²) in [7, 11) is 0. The highest BCUT2D eigenvalue weighted by Crippen LogP contribution is 2.33. The fraction of sp³-hybridized carbons (Fsp3) is 0.286. The van der Waals surface area contributed by atoms with E-state index in [9.17, 15) is 13.2 Å². The number of hydrogen-bond donors (Lipinski definition) is 1. The summed E-state index contributed by atoms with van der Waals surface area (Å²) in [4.78, 5) is 0. The van der Waals surface area contributed by atoms with Crippen molar-refractivity contribution in [3.05, 3.63) is 53.2 Å². The molecule has 6 heteroatoms. The fourth-order valence-electron chi connectivity index (χ4n) is 2.45. The molecule has 20 heavy (non-hydrogen) atoms. The van der Waals surface area contributed by atoms with Crippen LogP contribution in [-0.4, -0.2) is 10.2 Å². The number of halogens is 3. The normalized spacial score (nSPS) is 17.9. The summed E-state index contributed by atoms with van der Waals surface area (Å²) < 4.78 is 37.2. The number of benzene rings is 1. The number of aryl methyl sites for hydroxylation is 1. The predicted molar refractivity (Wildman–Crippen MR) is 68.2 cm³/mol. The van der Waals surface area contributed by atoms with Gasteiger partial charge in [-0.1, -0.05) is 24.3 Å². The van der Waals surface area contributed by atoms with Crippen LogP contribution in [0.1, 0.15) is 29.3 Å². The molecule has 1 aromatic heterocycles. The fourth-order valence-corrected chi connectivity index (χ4v) is 2.45. The van der Waals surface area contributed by atoms with Crippen molar-refractivity contribution in [3.63, 3.8) is 0 Å². The van der Waals surface area contributed by atoms with Crippen LogP contribution >= 0.6 is 0 Å². The first-order valence-electron chi connectivity index (χ1n) is 6.29. The Morgan fingerprint density at radius 3 is 2.55 bits per heavy atom. The molecule has 3 rings (SSSR count). The van der Waals surface area contributed by atoms with E-state index in [1.807, 2.05) is 18.2 Å². The molecular weight excluding hydrogens is 267 g/mol. The summed E-state index contributed by atoms with van der Waals surface area (Å²) in [6.07, 6.45) is -2.59. The summed E-state index contributed by atoms with van der Waals surface area (Å²) in [5.41, 5.74) is 1.47. The van der Waals surface area contributed by atoms with Crippen molar-refractivity contribution in [2.24, 2.45) is 0 Å². The van der Waals surface area contributed by atoms with Gasteiger partial charge in [0, 0.05) is 0 Å². The van der Waals surface area contributed by atoms with Gasteiger partial charge in [-0.3, -0.25) is 0 Å². The van der Waals surface area contributed by atoms with Gasteiger partial charge >= 0.3 is 6.18 Å². The monoisotopic (exact) mass is 279 g/mol. The Labute approximate surface area is 113 Å². The highest BCUT2D eigenvalue weighted by atomic mass is 19.4. The van der Waals surface area contributed by atoms with E-state index in [-0.39, 0.29) is 6.04 Å². The lowest BCUT2D eigenvalue weighted by Crippen LogP contribution is -2.12. The van der Waals surface area contributed by atoms with Crippen LogP contribution in [0.5, 0.6) is 0 Å². The predicted octanol–water partition coefficient (Wildman–Crippen LogP) is 3.59. The van der Waals surface area contributed by atoms with E-state index in [2.05, 4.69) is 21.6 Å². The van der Waals surface area contributed by atoms with Crippen LogP contribution in [0.3, 0.4) is 0 Å². The van der Waals surface area contributed by atoms with Crippen molar-refractivity contribution in [2.75, 3.05) is 5.32 Å². The van der Waals surface area contributed by atoms with Gasteiger partial charge in [0.05, 0.1) is 6.04 Å². The van der Waals surface area contributed by atoms with Crippen molar-refractivity contribution >= 4 is 5.82 Å². The van der Waals surface area contributed by atoms with Crippen LogP contribution in [-0.2, 0) is 12.6 Å². The molecule has 0 radical (unpaired) electrons. The molecule has 0 saturated carbocycles. The molecule has 1 atom stereocenters. The van der Waals surface area contributed by atoms with Crippen LogP contribution in [0.25, 0.3) is 0 Å². The molecule has 0 bridgehead atoms. The Hall–Kier alpha value is -2.11. The first-order valence-corrected chi connectivity index (χ1v) is 6.29. The van der Waals surface area contributed by atoms with Gasteiger partial charge in [-0.2, -0.15) is 13.2 Å². The van der Waals surface area contributed by atoms with Crippen molar-refractivity contribution in [2.45, 2.75) is 25.1 Å². The Morgan fingerprint density at radius 1 is 1.05 bits per heavy atom. The maximum absolute atomic E-state index is 12.4. The number of hydrogen-bond acceptors (Lipinski definition) is 3.